The predicted octanol–water partition coefficient (Wildman–Crippen LogP) is 17.3. The summed E-state index contributed by atoms with van der Waals surface area (Å²) in [6.45, 7) is 5.77. The van der Waals surface area contributed by atoms with Crippen molar-refractivity contribution < 1.29 is 49.3 Å². The van der Waals surface area contributed by atoms with Gasteiger partial charge in [-0.15, -0.1) is 0 Å². The SMILES string of the molecule is CCCCC/C=C\C/C=C\C/C=C\CCCCCCC(=O)OC1C(OCC(NC(=O)C(O)CCCCCCCCCCCCCCCC/C=C/CCCCCCCC)C(O)/C=C/CCCCCCCCCCCC)OC(CO)C(O)C1O. The highest BCUT2D eigenvalue weighted by Crippen LogP contribution is 2.26. The monoisotopic (exact) mass is 1160 g/mol. The van der Waals surface area contributed by atoms with E-state index in [0.717, 1.165) is 83.5 Å². The van der Waals surface area contributed by atoms with Crippen LogP contribution in [0.15, 0.2) is 60.8 Å². The number of aliphatic hydroxyl groups is 5. The number of allylic oxidation sites excluding steroid dienone is 9. The molecule has 0 radical (unpaired) electrons. The van der Waals surface area contributed by atoms with E-state index in [1.54, 1.807) is 6.08 Å². The van der Waals surface area contributed by atoms with Gasteiger partial charge in [0.15, 0.2) is 12.4 Å². The molecule has 6 N–H and O–H groups in total. The zero-order valence-corrected chi connectivity index (χ0v) is 53.1. The first-order valence-electron chi connectivity index (χ1n) is 34.6. The molecule has 1 fully saturated rings. The van der Waals surface area contributed by atoms with E-state index < -0.39 is 67.4 Å². The van der Waals surface area contributed by atoms with Crippen LogP contribution in [-0.2, 0) is 23.8 Å². The van der Waals surface area contributed by atoms with Gasteiger partial charge in [0.2, 0.25) is 5.91 Å². The van der Waals surface area contributed by atoms with Crippen LogP contribution in [0.5, 0.6) is 0 Å². The Morgan fingerprint density at radius 1 is 0.476 bits per heavy atom. The molecule has 8 unspecified atom stereocenters. The minimum Gasteiger partial charge on any atom is -0.454 e. The van der Waals surface area contributed by atoms with E-state index >= 15 is 0 Å². The summed E-state index contributed by atoms with van der Waals surface area (Å²) in [4.78, 5) is 26.6. The number of esters is 1. The number of unbranched alkanes of at least 4 members (excludes halogenated alkanes) is 37. The van der Waals surface area contributed by atoms with Gasteiger partial charge in [-0.3, -0.25) is 9.59 Å². The lowest BCUT2D eigenvalue weighted by atomic mass is 9.99. The van der Waals surface area contributed by atoms with Crippen LogP contribution in [0, 0.1) is 0 Å². The summed E-state index contributed by atoms with van der Waals surface area (Å²) in [6.07, 6.45) is 64.1. The molecule has 0 aromatic heterocycles. The summed E-state index contributed by atoms with van der Waals surface area (Å²) in [5.41, 5.74) is 0. The number of carbonyl (C=O) groups excluding carboxylic acids is 2. The van der Waals surface area contributed by atoms with Gasteiger partial charge in [-0.25, -0.2) is 0 Å². The van der Waals surface area contributed by atoms with Crippen LogP contribution in [0.4, 0.5) is 0 Å². The van der Waals surface area contributed by atoms with Gasteiger partial charge in [-0.05, 0) is 89.9 Å². The number of hydrogen-bond donors (Lipinski definition) is 6. The lowest BCUT2D eigenvalue weighted by molar-refractivity contribution is -0.305. The van der Waals surface area contributed by atoms with Gasteiger partial charge in [-0.1, -0.05) is 281 Å². The highest BCUT2D eigenvalue weighted by molar-refractivity contribution is 5.80. The third-order valence-corrected chi connectivity index (χ3v) is 16.1. The van der Waals surface area contributed by atoms with Crippen molar-refractivity contribution in [2.45, 2.75) is 365 Å². The normalized spacial score (nSPS) is 19.0. The zero-order valence-electron chi connectivity index (χ0n) is 53.1. The molecular formula is C71H129NO10. The average Bonchev–Trinajstić information content (AvgIpc) is 3.60. The fourth-order valence-corrected chi connectivity index (χ4v) is 10.7. The van der Waals surface area contributed by atoms with Crippen molar-refractivity contribution in [1.29, 1.82) is 0 Å². The molecule has 82 heavy (non-hydrogen) atoms. The number of carbonyl (C=O) groups is 2. The van der Waals surface area contributed by atoms with Crippen LogP contribution in [0.3, 0.4) is 0 Å². The topological polar surface area (TPSA) is 175 Å². The number of nitrogens with one attached hydrogen (secondary N) is 1. The van der Waals surface area contributed by atoms with Gasteiger partial charge in [0.25, 0.3) is 0 Å². The Balaban J connectivity index is 2.60. The summed E-state index contributed by atoms with van der Waals surface area (Å²) in [5.74, 6) is -1.21. The summed E-state index contributed by atoms with van der Waals surface area (Å²) in [5, 5.41) is 57.1. The van der Waals surface area contributed by atoms with Crippen molar-refractivity contribution in [1.82, 2.24) is 5.32 Å². The van der Waals surface area contributed by atoms with Gasteiger partial charge < -0.3 is 45.1 Å². The van der Waals surface area contributed by atoms with E-state index in [2.05, 4.69) is 74.7 Å². The van der Waals surface area contributed by atoms with Gasteiger partial charge in [0.05, 0.1) is 25.4 Å². The van der Waals surface area contributed by atoms with Crippen molar-refractivity contribution >= 4 is 11.9 Å². The van der Waals surface area contributed by atoms with Crippen molar-refractivity contribution in [2.24, 2.45) is 0 Å². The molecule has 0 bridgehead atoms. The van der Waals surface area contributed by atoms with E-state index in [4.69, 9.17) is 14.2 Å². The van der Waals surface area contributed by atoms with Gasteiger partial charge in [-0.2, -0.15) is 0 Å². The van der Waals surface area contributed by atoms with Gasteiger partial charge in [0.1, 0.15) is 24.4 Å². The molecule has 11 nitrogen and oxygen atoms in total. The Labute approximate surface area is 503 Å². The van der Waals surface area contributed by atoms with Crippen LogP contribution in [0.1, 0.15) is 316 Å². The Kier molecular flexibility index (Phi) is 55.4. The van der Waals surface area contributed by atoms with E-state index in [9.17, 15) is 35.1 Å². The average molecular weight is 1160 g/mol. The molecule has 8 atom stereocenters. The maximum Gasteiger partial charge on any atom is 0.306 e. The smallest absolute Gasteiger partial charge is 0.306 e. The predicted molar refractivity (Wildman–Crippen MR) is 343 cm³/mol. The molecule has 1 rings (SSSR count). The number of aliphatic hydroxyl groups excluding tert-OH is 5. The first-order chi connectivity index (χ1) is 40.2. The summed E-state index contributed by atoms with van der Waals surface area (Å²) < 4.78 is 17.6. The highest BCUT2D eigenvalue weighted by Gasteiger charge is 2.47. The Morgan fingerprint density at radius 2 is 0.841 bits per heavy atom. The lowest BCUT2D eigenvalue weighted by Crippen LogP contribution is -2.61. The molecule has 0 aromatic carbocycles. The molecule has 0 aromatic rings. The van der Waals surface area contributed by atoms with E-state index in [1.165, 1.54) is 186 Å². The molecule has 0 aliphatic carbocycles. The van der Waals surface area contributed by atoms with Crippen molar-refractivity contribution in [3.8, 4) is 0 Å². The number of amides is 1. The van der Waals surface area contributed by atoms with Crippen molar-refractivity contribution in [3.05, 3.63) is 60.8 Å². The maximum absolute atomic E-state index is 13.5. The van der Waals surface area contributed by atoms with Crippen LogP contribution < -0.4 is 5.32 Å². The molecule has 1 heterocycles. The third kappa shape index (κ3) is 45.7. The third-order valence-electron chi connectivity index (χ3n) is 16.1. The molecule has 1 aliphatic rings. The standard InChI is InChI=1S/C71H129NO10/c1-4-7-10-13-16-19-22-25-27-29-30-31-32-33-34-35-37-38-40-43-46-49-52-55-58-64(75)70(79)72-62(63(74)57-54-51-48-45-42-24-21-18-15-12-9-6-3)61-80-71-69(68(78)67(77)65(60-73)81-71)82-66(76)59-56-53-50-47-44-41-39-36-28-26-23-20-17-14-11-8-5-2/h17,20,25-28,39,41,54,57,62-65,67-69,71,73-75,77-78H,4-16,18-19,21-24,29-38,40,42-53,55-56,58-61H2,1-3H3,(H,72,79)/b20-17-,27-25+,28-26-,41-39-,57-54+. The fourth-order valence-electron chi connectivity index (χ4n) is 10.7. The van der Waals surface area contributed by atoms with Gasteiger partial charge >= 0.3 is 5.97 Å². The second-order valence-corrected chi connectivity index (χ2v) is 23.9. The number of rotatable bonds is 59. The summed E-state index contributed by atoms with van der Waals surface area (Å²) in [6, 6.07) is -1.03. The molecule has 1 amide bonds. The van der Waals surface area contributed by atoms with E-state index in [1.807, 2.05) is 6.08 Å². The minimum atomic E-state index is -1.62. The van der Waals surface area contributed by atoms with Gasteiger partial charge in [0, 0.05) is 6.42 Å². The number of ether oxygens (including phenoxy) is 3. The van der Waals surface area contributed by atoms with Crippen LogP contribution >= 0.6 is 0 Å². The summed E-state index contributed by atoms with van der Waals surface area (Å²) in [7, 11) is 0. The second kappa shape index (κ2) is 58.7. The largest absolute Gasteiger partial charge is 0.454 e. The quantitative estimate of drug-likeness (QED) is 0.0195. The molecule has 0 spiro atoms. The van der Waals surface area contributed by atoms with Crippen LogP contribution in [0.2, 0.25) is 0 Å². The lowest BCUT2D eigenvalue weighted by Gasteiger charge is -2.41. The molecular weight excluding hydrogens is 1030 g/mol. The fraction of sp³-hybridized carbons (Fsp3) is 0.831. The Morgan fingerprint density at radius 3 is 1.29 bits per heavy atom. The molecule has 478 valence electrons. The zero-order chi connectivity index (χ0) is 59.6. The van der Waals surface area contributed by atoms with Crippen LogP contribution in [0.25, 0.3) is 0 Å². The van der Waals surface area contributed by atoms with E-state index in [-0.39, 0.29) is 13.0 Å². The molecule has 1 saturated heterocycles. The van der Waals surface area contributed by atoms with Crippen LogP contribution in [-0.4, -0.2) is 99.6 Å². The number of hydrogen-bond acceptors (Lipinski definition) is 10. The first-order valence-corrected chi connectivity index (χ1v) is 34.6. The minimum absolute atomic E-state index is 0.0979. The maximum atomic E-state index is 13.5. The van der Waals surface area contributed by atoms with Crippen molar-refractivity contribution in [3.63, 3.8) is 0 Å². The molecule has 0 saturated carbocycles. The van der Waals surface area contributed by atoms with E-state index in [0.29, 0.717) is 19.3 Å². The second-order valence-electron chi connectivity index (χ2n) is 23.9. The summed E-state index contributed by atoms with van der Waals surface area (Å²) >= 11 is 0. The first kappa shape index (κ1) is 77.4. The van der Waals surface area contributed by atoms with Crippen molar-refractivity contribution in [2.75, 3.05) is 13.2 Å². The molecule has 11 heteroatoms. The molecule has 1 aliphatic heterocycles. The highest BCUT2D eigenvalue weighted by atomic mass is 16.7. The Bertz CT molecular complexity index is 1560. The Hall–Kier alpha value is -2.64.